The summed E-state index contributed by atoms with van der Waals surface area (Å²) >= 11 is 0. The molecule has 1 unspecified atom stereocenters. The summed E-state index contributed by atoms with van der Waals surface area (Å²) in [4.78, 5) is 41.8. The van der Waals surface area contributed by atoms with Gasteiger partial charge in [-0.25, -0.2) is 0 Å². The Bertz CT molecular complexity index is 929. The molecule has 1 aromatic heterocycles. The second-order valence-electron chi connectivity index (χ2n) is 7.47. The molecule has 0 radical (unpaired) electrons. The highest BCUT2D eigenvalue weighted by Crippen LogP contribution is 2.20. The van der Waals surface area contributed by atoms with Gasteiger partial charge in [-0.1, -0.05) is 31.2 Å². The fraction of sp³-hybridized carbons (Fsp3) is 0.409. The average molecular weight is 381 g/mol. The fourth-order valence-electron chi connectivity index (χ4n) is 3.60. The Morgan fingerprint density at radius 3 is 2.54 bits per heavy atom. The lowest BCUT2D eigenvalue weighted by molar-refractivity contribution is 0.0940. The second-order valence-corrected chi connectivity index (χ2v) is 7.47. The van der Waals surface area contributed by atoms with E-state index in [0.717, 1.165) is 18.4 Å². The van der Waals surface area contributed by atoms with E-state index in [1.54, 1.807) is 0 Å². The van der Waals surface area contributed by atoms with Gasteiger partial charge >= 0.3 is 0 Å². The van der Waals surface area contributed by atoms with E-state index in [0.29, 0.717) is 30.6 Å². The number of H-pyrrole nitrogens is 1. The standard InChI is InChI=1S/C22H27N3O3/c1-4-14-8-10-15(11-9-14)19(25(2)3)13-23-21(27)17-12-16-18(24-22(17)28)6-5-7-20(16)26/h8-12,19H,4-7,13H2,1-3H3,(H,23,27)(H,24,28). The number of carbonyl (C=O) groups is 2. The highest BCUT2D eigenvalue weighted by atomic mass is 16.2. The van der Waals surface area contributed by atoms with Gasteiger partial charge in [0, 0.05) is 24.2 Å². The van der Waals surface area contributed by atoms with Crippen LogP contribution < -0.4 is 10.9 Å². The fourth-order valence-corrected chi connectivity index (χ4v) is 3.60. The Hall–Kier alpha value is -2.73. The predicted molar refractivity (Wildman–Crippen MR) is 109 cm³/mol. The van der Waals surface area contributed by atoms with Gasteiger partial charge in [0.05, 0.1) is 6.04 Å². The Kier molecular flexibility index (Phi) is 6.09. The number of fused-ring (bicyclic) bond motifs is 1. The number of likely N-dealkylation sites (N-methyl/N-ethyl adjacent to an activating group) is 1. The van der Waals surface area contributed by atoms with Gasteiger partial charge in [0.1, 0.15) is 5.56 Å². The number of benzene rings is 1. The van der Waals surface area contributed by atoms with E-state index in [1.807, 2.05) is 19.0 Å². The van der Waals surface area contributed by atoms with Crippen molar-refractivity contribution in [3.05, 3.63) is 68.6 Å². The van der Waals surface area contributed by atoms with Crippen LogP contribution in [0, 0.1) is 0 Å². The zero-order chi connectivity index (χ0) is 20.3. The van der Waals surface area contributed by atoms with Crippen LogP contribution in [0.1, 0.15) is 63.3 Å². The number of amides is 1. The zero-order valence-electron chi connectivity index (χ0n) is 16.7. The van der Waals surface area contributed by atoms with Crippen LogP contribution >= 0.6 is 0 Å². The van der Waals surface area contributed by atoms with Gasteiger partial charge < -0.3 is 15.2 Å². The van der Waals surface area contributed by atoms with E-state index in [9.17, 15) is 14.4 Å². The highest BCUT2D eigenvalue weighted by Gasteiger charge is 2.23. The Morgan fingerprint density at radius 2 is 1.89 bits per heavy atom. The third kappa shape index (κ3) is 4.22. The molecule has 1 aliphatic rings. The maximum absolute atomic E-state index is 12.7. The van der Waals surface area contributed by atoms with Crippen molar-refractivity contribution in [3.63, 3.8) is 0 Å². The lowest BCUT2D eigenvalue weighted by Gasteiger charge is -2.25. The van der Waals surface area contributed by atoms with Crippen molar-refractivity contribution in [1.29, 1.82) is 0 Å². The molecule has 28 heavy (non-hydrogen) atoms. The van der Waals surface area contributed by atoms with E-state index in [4.69, 9.17) is 0 Å². The van der Waals surface area contributed by atoms with Gasteiger partial charge in [-0.05, 0) is 50.6 Å². The van der Waals surface area contributed by atoms with Gasteiger partial charge in [0.25, 0.3) is 11.5 Å². The molecule has 0 saturated carbocycles. The highest BCUT2D eigenvalue weighted by molar-refractivity contribution is 6.01. The summed E-state index contributed by atoms with van der Waals surface area (Å²) < 4.78 is 0. The van der Waals surface area contributed by atoms with Crippen molar-refractivity contribution in [1.82, 2.24) is 15.2 Å². The monoisotopic (exact) mass is 381 g/mol. The summed E-state index contributed by atoms with van der Waals surface area (Å²) in [5, 5.41) is 2.86. The van der Waals surface area contributed by atoms with Gasteiger partial charge in [-0.15, -0.1) is 0 Å². The predicted octanol–water partition coefficient (Wildman–Crippen LogP) is 2.49. The molecule has 1 aromatic carbocycles. The third-order valence-corrected chi connectivity index (χ3v) is 5.35. The zero-order valence-corrected chi connectivity index (χ0v) is 16.7. The van der Waals surface area contributed by atoms with Crippen molar-refractivity contribution in [2.45, 2.75) is 38.6 Å². The molecule has 1 amide bonds. The molecule has 0 fully saturated rings. The van der Waals surface area contributed by atoms with E-state index in [-0.39, 0.29) is 17.4 Å². The first-order chi connectivity index (χ1) is 13.4. The van der Waals surface area contributed by atoms with Crippen LogP contribution in [0.5, 0.6) is 0 Å². The van der Waals surface area contributed by atoms with Gasteiger partial charge in [0.15, 0.2) is 5.78 Å². The number of rotatable bonds is 6. The first kappa shape index (κ1) is 20.0. The van der Waals surface area contributed by atoms with Crippen molar-refractivity contribution in [3.8, 4) is 0 Å². The largest absolute Gasteiger partial charge is 0.350 e. The third-order valence-electron chi connectivity index (χ3n) is 5.35. The maximum Gasteiger partial charge on any atom is 0.261 e. The summed E-state index contributed by atoms with van der Waals surface area (Å²) in [7, 11) is 3.91. The topological polar surface area (TPSA) is 82.3 Å². The number of nitrogens with one attached hydrogen (secondary N) is 2. The Morgan fingerprint density at radius 1 is 1.18 bits per heavy atom. The SMILES string of the molecule is CCc1ccc(C(CNC(=O)c2cc3c([nH]c2=O)CCCC3=O)N(C)C)cc1. The molecule has 0 bridgehead atoms. The Labute approximate surface area is 165 Å². The van der Waals surface area contributed by atoms with E-state index >= 15 is 0 Å². The molecule has 148 valence electrons. The number of hydrogen-bond acceptors (Lipinski definition) is 4. The molecule has 0 saturated heterocycles. The maximum atomic E-state index is 12.7. The van der Waals surface area contributed by atoms with Crippen LogP contribution in [0.4, 0.5) is 0 Å². The minimum absolute atomic E-state index is 0.00663. The van der Waals surface area contributed by atoms with Crippen LogP contribution in [0.2, 0.25) is 0 Å². The molecular weight excluding hydrogens is 354 g/mol. The first-order valence-electron chi connectivity index (χ1n) is 9.73. The lowest BCUT2D eigenvalue weighted by Crippen LogP contribution is -2.37. The number of aromatic amines is 1. The van der Waals surface area contributed by atoms with Gasteiger partial charge in [-0.2, -0.15) is 0 Å². The molecule has 0 spiro atoms. The van der Waals surface area contributed by atoms with E-state index in [1.165, 1.54) is 11.6 Å². The average Bonchev–Trinajstić information content (AvgIpc) is 2.68. The Balaban J connectivity index is 1.77. The number of hydrogen-bond donors (Lipinski definition) is 2. The number of Topliss-reactive ketones (excluding diaryl/α,β-unsaturated/α-hetero) is 1. The van der Waals surface area contributed by atoms with Crippen molar-refractivity contribution in [2.24, 2.45) is 0 Å². The number of pyridine rings is 1. The number of nitrogens with zero attached hydrogens (tertiary/aromatic N) is 1. The summed E-state index contributed by atoms with van der Waals surface area (Å²) in [5.41, 5.74) is 3.01. The van der Waals surface area contributed by atoms with Crippen LogP contribution in [0.15, 0.2) is 35.1 Å². The summed E-state index contributed by atoms with van der Waals surface area (Å²) in [6.45, 7) is 2.47. The normalized spacial score (nSPS) is 14.6. The molecule has 3 rings (SSSR count). The molecule has 2 N–H and O–H groups in total. The van der Waals surface area contributed by atoms with Crippen molar-refractivity contribution in [2.75, 3.05) is 20.6 Å². The van der Waals surface area contributed by atoms with Gasteiger partial charge in [-0.3, -0.25) is 14.4 Å². The van der Waals surface area contributed by atoms with Crippen LogP contribution in [-0.2, 0) is 12.8 Å². The number of aromatic nitrogens is 1. The number of aryl methyl sites for hydroxylation is 2. The van der Waals surface area contributed by atoms with Crippen molar-refractivity contribution >= 4 is 11.7 Å². The lowest BCUT2D eigenvalue weighted by atomic mass is 9.93. The summed E-state index contributed by atoms with van der Waals surface area (Å²) in [5.74, 6) is -0.479. The molecular formula is C22H27N3O3. The molecule has 6 heteroatoms. The number of ketones is 1. The quantitative estimate of drug-likeness (QED) is 0.805. The first-order valence-corrected chi connectivity index (χ1v) is 9.73. The van der Waals surface area contributed by atoms with Crippen LogP contribution in [0.3, 0.4) is 0 Å². The smallest absolute Gasteiger partial charge is 0.261 e. The molecule has 1 atom stereocenters. The minimum Gasteiger partial charge on any atom is -0.350 e. The molecule has 2 aromatic rings. The number of carbonyl (C=O) groups excluding carboxylic acids is 2. The molecule has 0 aliphatic heterocycles. The molecule has 1 heterocycles. The minimum atomic E-state index is -0.459. The van der Waals surface area contributed by atoms with Crippen LogP contribution in [0.25, 0.3) is 0 Å². The molecule has 6 nitrogen and oxygen atoms in total. The summed E-state index contributed by atoms with van der Waals surface area (Å²) in [6, 6.07) is 9.75. The summed E-state index contributed by atoms with van der Waals surface area (Å²) in [6.07, 6.45) is 2.82. The van der Waals surface area contributed by atoms with E-state index < -0.39 is 11.5 Å². The second kappa shape index (κ2) is 8.52. The van der Waals surface area contributed by atoms with E-state index in [2.05, 4.69) is 41.5 Å². The molecule has 1 aliphatic carbocycles. The van der Waals surface area contributed by atoms with Crippen molar-refractivity contribution < 1.29 is 9.59 Å². The van der Waals surface area contributed by atoms with Crippen LogP contribution in [-0.4, -0.2) is 42.2 Å². The van der Waals surface area contributed by atoms with Gasteiger partial charge in [0.2, 0.25) is 0 Å².